The number of nitrogens with zero attached hydrogens (tertiary/aromatic N) is 1. The lowest BCUT2D eigenvalue weighted by Crippen LogP contribution is -2.43. The Morgan fingerprint density at radius 2 is 2.06 bits per heavy atom. The molecule has 0 heterocycles. The van der Waals surface area contributed by atoms with Crippen molar-refractivity contribution in [3.8, 4) is 6.07 Å². The Morgan fingerprint density at radius 1 is 1.38 bits per heavy atom. The zero-order chi connectivity index (χ0) is 12.4. The third-order valence-corrected chi connectivity index (χ3v) is 4.48. The van der Waals surface area contributed by atoms with E-state index in [9.17, 15) is 5.26 Å². The van der Waals surface area contributed by atoms with Gasteiger partial charge in [0.05, 0.1) is 6.07 Å². The second-order valence-corrected chi connectivity index (χ2v) is 5.82. The number of thioether (sulfide) groups is 1. The Kier molecular flexibility index (Phi) is 8.78. The predicted octanol–water partition coefficient (Wildman–Crippen LogP) is 3.58. The molecule has 3 heteroatoms. The van der Waals surface area contributed by atoms with Crippen LogP contribution < -0.4 is 5.32 Å². The summed E-state index contributed by atoms with van der Waals surface area (Å²) in [6, 6.07) is 2.45. The minimum absolute atomic E-state index is 0.287. The van der Waals surface area contributed by atoms with E-state index in [-0.39, 0.29) is 5.54 Å². The van der Waals surface area contributed by atoms with Gasteiger partial charge in [-0.05, 0) is 38.0 Å². The molecule has 0 aliphatic rings. The van der Waals surface area contributed by atoms with Crippen LogP contribution in [0.15, 0.2) is 0 Å². The average molecular weight is 242 g/mol. The van der Waals surface area contributed by atoms with E-state index < -0.39 is 0 Å². The van der Waals surface area contributed by atoms with Crippen LogP contribution in [0, 0.1) is 11.3 Å². The Balaban J connectivity index is 3.90. The molecule has 0 radical (unpaired) electrons. The van der Waals surface area contributed by atoms with Gasteiger partial charge in [-0.1, -0.05) is 27.7 Å². The first-order valence-electron chi connectivity index (χ1n) is 6.42. The Morgan fingerprint density at radius 3 is 2.50 bits per heavy atom. The highest BCUT2D eigenvalue weighted by Gasteiger charge is 2.25. The average Bonchev–Trinajstić information content (AvgIpc) is 2.32. The van der Waals surface area contributed by atoms with Crippen LogP contribution in [0.5, 0.6) is 0 Å². The molecule has 16 heavy (non-hydrogen) atoms. The second kappa shape index (κ2) is 8.90. The van der Waals surface area contributed by atoms with E-state index in [1.165, 1.54) is 12.2 Å². The van der Waals surface area contributed by atoms with Crippen LogP contribution >= 0.6 is 11.8 Å². The maximum absolute atomic E-state index is 9.24. The third-order valence-electron chi connectivity index (χ3n) is 3.06. The topological polar surface area (TPSA) is 35.8 Å². The normalized spacial score (nSPS) is 16.4. The van der Waals surface area contributed by atoms with Crippen LogP contribution in [0.4, 0.5) is 0 Å². The SMILES string of the molecule is CCNC(C#N)(CC)CCCSC(C)CC. The lowest BCUT2D eigenvalue weighted by atomic mass is 9.92. The predicted molar refractivity (Wildman–Crippen MR) is 73.8 cm³/mol. The summed E-state index contributed by atoms with van der Waals surface area (Å²) < 4.78 is 0. The van der Waals surface area contributed by atoms with Gasteiger partial charge in [0.15, 0.2) is 0 Å². The molecule has 0 fully saturated rings. The fraction of sp³-hybridized carbons (Fsp3) is 0.923. The molecule has 0 saturated heterocycles. The summed E-state index contributed by atoms with van der Waals surface area (Å²) in [7, 11) is 0. The van der Waals surface area contributed by atoms with Crippen LogP contribution in [-0.4, -0.2) is 23.1 Å². The molecule has 2 atom stereocenters. The third kappa shape index (κ3) is 5.77. The van der Waals surface area contributed by atoms with Gasteiger partial charge in [-0.2, -0.15) is 17.0 Å². The minimum atomic E-state index is -0.287. The molecule has 0 bridgehead atoms. The molecule has 0 aliphatic heterocycles. The summed E-state index contributed by atoms with van der Waals surface area (Å²) in [4.78, 5) is 0. The van der Waals surface area contributed by atoms with Crippen LogP contribution in [0.3, 0.4) is 0 Å². The van der Waals surface area contributed by atoms with E-state index in [1.807, 2.05) is 11.8 Å². The molecule has 0 aliphatic carbocycles. The summed E-state index contributed by atoms with van der Waals surface area (Å²) >= 11 is 2.02. The first-order chi connectivity index (χ1) is 7.64. The van der Waals surface area contributed by atoms with Crippen molar-refractivity contribution in [3.63, 3.8) is 0 Å². The zero-order valence-corrected chi connectivity index (χ0v) is 12.0. The summed E-state index contributed by atoms with van der Waals surface area (Å²) in [6.45, 7) is 9.53. The molecule has 0 rings (SSSR count). The Labute approximate surface area is 105 Å². The van der Waals surface area contributed by atoms with Crippen molar-refractivity contribution >= 4 is 11.8 Å². The maximum atomic E-state index is 9.24. The summed E-state index contributed by atoms with van der Waals surface area (Å²) in [5.74, 6) is 1.17. The number of nitriles is 1. The van der Waals surface area contributed by atoms with E-state index in [0.29, 0.717) is 0 Å². The van der Waals surface area contributed by atoms with Crippen LogP contribution in [-0.2, 0) is 0 Å². The van der Waals surface area contributed by atoms with Crippen molar-refractivity contribution in [2.24, 2.45) is 0 Å². The Hall–Kier alpha value is -0.200. The van der Waals surface area contributed by atoms with Gasteiger partial charge in [-0.15, -0.1) is 0 Å². The van der Waals surface area contributed by atoms with Gasteiger partial charge in [0, 0.05) is 5.25 Å². The zero-order valence-electron chi connectivity index (χ0n) is 11.2. The fourth-order valence-corrected chi connectivity index (χ4v) is 2.63. The van der Waals surface area contributed by atoms with E-state index >= 15 is 0 Å². The summed E-state index contributed by atoms with van der Waals surface area (Å²) in [5.41, 5.74) is -0.287. The molecular formula is C13H26N2S. The van der Waals surface area contributed by atoms with Crippen molar-refractivity contribution in [1.82, 2.24) is 5.32 Å². The van der Waals surface area contributed by atoms with Crippen molar-refractivity contribution in [2.45, 2.75) is 64.2 Å². The summed E-state index contributed by atoms with van der Waals surface area (Å²) in [6.07, 6.45) is 4.22. The van der Waals surface area contributed by atoms with Crippen molar-refractivity contribution in [2.75, 3.05) is 12.3 Å². The van der Waals surface area contributed by atoms with Gasteiger partial charge in [0.1, 0.15) is 5.54 Å². The number of hydrogen-bond donors (Lipinski definition) is 1. The second-order valence-electron chi connectivity index (χ2n) is 4.27. The van der Waals surface area contributed by atoms with Crippen molar-refractivity contribution in [3.05, 3.63) is 0 Å². The molecule has 0 amide bonds. The maximum Gasteiger partial charge on any atom is 0.106 e. The lowest BCUT2D eigenvalue weighted by molar-refractivity contribution is 0.379. The van der Waals surface area contributed by atoms with Gasteiger partial charge in [-0.3, -0.25) is 5.32 Å². The molecule has 0 saturated carbocycles. The molecule has 94 valence electrons. The summed E-state index contributed by atoms with van der Waals surface area (Å²) in [5, 5.41) is 13.3. The molecule has 0 spiro atoms. The first-order valence-corrected chi connectivity index (χ1v) is 7.46. The largest absolute Gasteiger partial charge is 0.300 e. The van der Waals surface area contributed by atoms with Gasteiger partial charge >= 0.3 is 0 Å². The standard InChI is InChI=1S/C13H26N2S/c1-5-12(4)16-10-8-9-13(6-2,11-14)15-7-3/h12,15H,5-10H2,1-4H3. The number of hydrogen-bond acceptors (Lipinski definition) is 3. The molecule has 1 N–H and O–H groups in total. The first kappa shape index (κ1) is 15.8. The highest BCUT2D eigenvalue weighted by atomic mass is 32.2. The number of nitrogens with one attached hydrogen (secondary N) is 1. The van der Waals surface area contributed by atoms with Gasteiger partial charge in [-0.25, -0.2) is 0 Å². The minimum Gasteiger partial charge on any atom is -0.300 e. The quantitative estimate of drug-likeness (QED) is 0.628. The lowest BCUT2D eigenvalue weighted by Gasteiger charge is -2.26. The monoisotopic (exact) mass is 242 g/mol. The van der Waals surface area contributed by atoms with Crippen LogP contribution in [0.25, 0.3) is 0 Å². The van der Waals surface area contributed by atoms with E-state index in [2.05, 4.69) is 39.1 Å². The van der Waals surface area contributed by atoms with Gasteiger partial charge < -0.3 is 0 Å². The van der Waals surface area contributed by atoms with E-state index in [1.54, 1.807) is 0 Å². The van der Waals surface area contributed by atoms with Crippen LogP contribution in [0.1, 0.15) is 53.4 Å². The van der Waals surface area contributed by atoms with Crippen molar-refractivity contribution in [1.29, 1.82) is 5.26 Å². The molecule has 0 aromatic carbocycles. The highest BCUT2D eigenvalue weighted by molar-refractivity contribution is 7.99. The number of rotatable bonds is 9. The van der Waals surface area contributed by atoms with E-state index in [4.69, 9.17) is 0 Å². The molecular weight excluding hydrogens is 216 g/mol. The molecule has 2 nitrogen and oxygen atoms in total. The van der Waals surface area contributed by atoms with Gasteiger partial charge in [0.25, 0.3) is 0 Å². The van der Waals surface area contributed by atoms with Crippen molar-refractivity contribution < 1.29 is 0 Å². The van der Waals surface area contributed by atoms with Gasteiger partial charge in [0.2, 0.25) is 0 Å². The molecule has 2 unspecified atom stereocenters. The fourth-order valence-electron chi connectivity index (χ4n) is 1.68. The molecule has 0 aromatic rings. The molecule has 0 aromatic heterocycles. The van der Waals surface area contributed by atoms with Crippen LogP contribution in [0.2, 0.25) is 0 Å². The highest BCUT2D eigenvalue weighted by Crippen LogP contribution is 2.21. The van der Waals surface area contributed by atoms with E-state index in [0.717, 1.165) is 31.1 Å². The Bertz CT molecular complexity index is 212. The smallest absolute Gasteiger partial charge is 0.106 e.